The van der Waals surface area contributed by atoms with Crippen molar-refractivity contribution in [3.05, 3.63) is 27.4 Å². The van der Waals surface area contributed by atoms with Crippen molar-refractivity contribution in [3.8, 4) is 0 Å². The average Bonchev–Trinajstić information content (AvgIpc) is 3.29. The van der Waals surface area contributed by atoms with E-state index < -0.39 is 11.7 Å². The number of aromatic amines is 1. The maximum atomic E-state index is 12.2. The van der Waals surface area contributed by atoms with E-state index in [2.05, 4.69) is 20.2 Å². The molecule has 25 heavy (non-hydrogen) atoms. The summed E-state index contributed by atoms with van der Waals surface area (Å²) in [4.78, 5) is 33.8. The fourth-order valence-corrected chi connectivity index (χ4v) is 3.06. The van der Waals surface area contributed by atoms with Gasteiger partial charge in [0.15, 0.2) is 0 Å². The lowest BCUT2D eigenvalue weighted by Gasteiger charge is -2.28. The Hall–Kier alpha value is -1.89. The standard InChI is InChI=1S/C18H28N4O3/c1-18(2,3)25-17(24)19-7-9-22-8-6-13-14(11-22)20-15(21-16(13)23)10-12-4-5-12/h12H,4-11H2,1-3H3,(H,19,24)(H,20,21,23). The van der Waals surface area contributed by atoms with Gasteiger partial charge in [0.1, 0.15) is 11.4 Å². The van der Waals surface area contributed by atoms with Gasteiger partial charge in [-0.1, -0.05) is 0 Å². The first kappa shape index (κ1) is 17.9. The smallest absolute Gasteiger partial charge is 0.407 e. The van der Waals surface area contributed by atoms with Gasteiger partial charge in [0, 0.05) is 38.2 Å². The topological polar surface area (TPSA) is 87.3 Å². The van der Waals surface area contributed by atoms with Crippen LogP contribution in [0, 0.1) is 5.92 Å². The lowest BCUT2D eigenvalue weighted by molar-refractivity contribution is 0.0521. The van der Waals surface area contributed by atoms with Crippen molar-refractivity contribution in [1.82, 2.24) is 20.2 Å². The van der Waals surface area contributed by atoms with E-state index in [1.165, 1.54) is 12.8 Å². The average molecular weight is 348 g/mol. The number of fused-ring (bicyclic) bond motifs is 1. The summed E-state index contributed by atoms with van der Waals surface area (Å²) in [5.74, 6) is 1.51. The van der Waals surface area contributed by atoms with Crippen molar-refractivity contribution in [2.45, 2.75) is 58.6 Å². The van der Waals surface area contributed by atoms with E-state index in [4.69, 9.17) is 4.74 Å². The van der Waals surface area contributed by atoms with Crippen molar-refractivity contribution >= 4 is 6.09 Å². The predicted molar refractivity (Wildman–Crippen MR) is 94.5 cm³/mol. The minimum Gasteiger partial charge on any atom is -0.444 e. The molecule has 0 spiro atoms. The van der Waals surface area contributed by atoms with Gasteiger partial charge in [-0.2, -0.15) is 0 Å². The molecule has 0 aromatic carbocycles. The van der Waals surface area contributed by atoms with Crippen LogP contribution >= 0.6 is 0 Å². The number of H-pyrrole nitrogens is 1. The molecule has 0 saturated heterocycles. The molecule has 1 aromatic rings. The summed E-state index contributed by atoms with van der Waals surface area (Å²) in [5, 5.41) is 2.78. The highest BCUT2D eigenvalue weighted by Gasteiger charge is 2.25. The van der Waals surface area contributed by atoms with Crippen LogP contribution in [0.1, 0.15) is 50.7 Å². The summed E-state index contributed by atoms with van der Waals surface area (Å²) in [6.45, 7) is 8.22. The third-order valence-corrected chi connectivity index (χ3v) is 4.48. The fraction of sp³-hybridized carbons (Fsp3) is 0.722. The van der Waals surface area contributed by atoms with E-state index in [-0.39, 0.29) is 5.56 Å². The van der Waals surface area contributed by atoms with Gasteiger partial charge in [-0.3, -0.25) is 9.69 Å². The highest BCUT2D eigenvalue weighted by molar-refractivity contribution is 5.67. The zero-order valence-corrected chi connectivity index (χ0v) is 15.4. The Labute approximate surface area is 148 Å². The summed E-state index contributed by atoms with van der Waals surface area (Å²) in [6, 6.07) is 0. The number of rotatable bonds is 5. The number of hydrogen-bond donors (Lipinski definition) is 2. The SMILES string of the molecule is CC(C)(C)OC(=O)NCCN1CCc2c(nc(CC3CC3)[nH]c2=O)C1. The van der Waals surface area contributed by atoms with Crippen LogP contribution in [0.3, 0.4) is 0 Å². The second-order valence-corrected chi connectivity index (χ2v) is 8.04. The third kappa shape index (κ3) is 5.29. The first-order valence-corrected chi connectivity index (χ1v) is 9.10. The summed E-state index contributed by atoms with van der Waals surface area (Å²) < 4.78 is 5.23. The molecule has 0 radical (unpaired) electrons. The Morgan fingerprint density at radius 2 is 2.16 bits per heavy atom. The molecule has 3 rings (SSSR count). The Morgan fingerprint density at radius 3 is 2.84 bits per heavy atom. The molecular weight excluding hydrogens is 320 g/mol. The summed E-state index contributed by atoms with van der Waals surface area (Å²) in [7, 11) is 0. The van der Waals surface area contributed by atoms with E-state index in [0.717, 1.165) is 30.0 Å². The van der Waals surface area contributed by atoms with E-state index in [9.17, 15) is 9.59 Å². The van der Waals surface area contributed by atoms with Crippen LogP contribution in [-0.2, 0) is 24.1 Å². The zero-order valence-electron chi connectivity index (χ0n) is 15.4. The monoisotopic (exact) mass is 348 g/mol. The van der Waals surface area contributed by atoms with Gasteiger partial charge in [0.2, 0.25) is 0 Å². The van der Waals surface area contributed by atoms with Crippen LogP contribution in [0.2, 0.25) is 0 Å². The van der Waals surface area contributed by atoms with Crippen LogP contribution in [0.15, 0.2) is 4.79 Å². The highest BCUT2D eigenvalue weighted by Crippen LogP contribution is 2.31. The van der Waals surface area contributed by atoms with Gasteiger partial charge in [-0.25, -0.2) is 9.78 Å². The minimum atomic E-state index is -0.489. The maximum Gasteiger partial charge on any atom is 0.407 e. The van der Waals surface area contributed by atoms with Gasteiger partial charge in [0.25, 0.3) is 5.56 Å². The van der Waals surface area contributed by atoms with Gasteiger partial charge in [-0.05, 0) is 46.0 Å². The Morgan fingerprint density at radius 1 is 1.40 bits per heavy atom. The lowest BCUT2D eigenvalue weighted by atomic mass is 10.1. The van der Waals surface area contributed by atoms with Gasteiger partial charge in [0.05, 0.1) is 5.69 Å². The van der Waals surface area contributed by atoms with Crippen LogP contribution < -0.4 is 10.9 Å². The molecule has 7 heteroatoms. The minimum absolute atomic E-state index is 0.0205. The van der Waals surface area contributed by atoms with Crippen molar-refractivity contribution in [1.29, 1.82) is 0 Å². The molecular formula is C18H28N4O3. The molecule has 0 unspecified atom stereocenters. The Kier molecular flexibility index (Phi) is 5.13. The number of nitrogens with zero attached hydrogens (tertiary/aromatic N) is 2. The quantitative estimate of drug-likeness (QED) is 0.844. The van der Waals surface area contributed by atoms with Gasteiger partial charge in [-0.15, -0.1) is 0 Å². The van der Waals surface area contributed by atoms with E-state index in [1.54, 1.807) is 0 Å². The molecule has 138 valence electrons. The molecule has 1 aliphatic carbocycles. The number of carbonyl (C=O) groups excluding carboxylic acids is 1. The molecule has 2 N–H and O–H groups in total. The molecule has 1 saturated carbocycles. The number of carbonyl (C=O) groups is 1. The number of alkyl carbamates (subject to hydrolysis) is 1. The molecule has 2 heterocycles. The first-order chi connectivity index (χ1) is 11.8. The van der Waals surface area contributed by atoms with Crippen molar-refractivity contribution in [3.63, 3.8) is 0 Å². The van der Waals surface area contributed by atoms with Crippen LogP contribution in [0.4, 0.5) is 4.79 Å². The predicted octanol–water partition coefficient (Wildman–Crippen LogP) is 1.61. The molecule has 2 aliphatic rings. The molecule has 1 aromatic heterocycles. The summed E-state index contributed by atoms with van der Waals surface area (Å²) in [5.41, 5.74) is 1.24. The van der Waals surface area contributed by atoms with Gasteiger partial charge < -0.3 is 15.0 Å². The van der Waals surface area contributed by atoms with Gasteiger partial charge >= 0.3 is 6.09 Å². The molecule has 1 amide bonds. The number of aromatic nitrogens is 2. The number of ether oxygens (including phenoxy) is 1. The van der Waals surface area contributed by atoms with E-state index >= 15 is 0 Å². The molecule has 1 aliphatic heterocycles. The second-order valence-electron chi connectivity index (χ2n) is 8.04. The zero-order chi connectivity index (χ0) is 18.0. The second kappa shape index (κ2) is 7.15. The van der Waals surface area contributed by atoms with Crippen molar-refractivity contribution in [2.24, 2.45) is 5.92 Å². The maximum absolute atomic E-state index is 12.2. The van der Waals surface area contributed by atoms with Crippen molar-refractivity contribution in [2.75, 3.05) is 19.6 Å². The molecule has 0 bridgehead atoms. The van der Waals surface area contributed by atoms with E-state index in [1.807, 2.05) is 20.8 Å². The number of hydrogen-bond acceptors (Lipinski definition) is 5. The summed E-state index contributed by atoms with van der Waals surface area (Å²) in [6.07, 6.45) is 3.66. The fourth-order valence-electron chi connectivity index (χ4n) is 3.06. The molecule has 1 fully saturated rings. The Bertz CT molecular complexity index is 689. The normalized spacial score (nSPS) is 17.9. The number of amides is 1. The first-order valence-electron chi connectivity index (χ1n) is 9.10. The third-order valence-electron chi connectivity index (χ3n) is 4.48. The molecule has 0 atom stereocenters. The lowest BCUT2D eigenvalue weighted by Crippen LogP contribution is -2.41. The largest absolute Gasteiger partial charge is 0.444 e. The summed E-state index contributed by atoms with van der Waals surface area (Å²) >= 11 is 0. The van der Waals surface area contributed by atoms with Crippen LogP contribution in [0.25, 0.3) is 0 Å². The van der Waals surface area contributed by atoms with E-state index in [0.29, 0.717) is 32.0 Å². The molecule has 7 nitrogen and oxygen atoms in total. The Balaban J connectivity index is 1.52. The van der Waals surface area contributed by atoms with Crippen LogP contribution in [-0.4, -0.2) is 46.2 Å². The van der Waals surface area contributed by atoms with Crippen LogP contribution in [0.5, 0.6) is 0 Å². The highest BCUT2D eigenvalue weighted by atomic mass is 16.6. The number of nitrogens with one attached hydrogen (secondary N) is 2. The van der Waals surface area contributed by atoms with Crippen molar-refractivity contribution < 1.29 is 9.53 Å².